The molecule has 0 atom stereocenters. The van der Waals surface area contributed by atoms with E-state index in [-0.39, 0.29) is 30.7 Å². The van der Waals surface area contributed by atoms with Crippen LogP contribution in [0, 0.1) is 0 Å². The van der Waals surface area contributed by atoms with Gasteiger partial charge in [0.2, 0.25) is 5.91 Å². The molecule has 3 rings (SSSR count). The molecule has 154 valence electrons. The van der Waals surface area contributed by atoms with E-state index in [0.717, 1.165) is 12.1 Å². The van der Waals surface area contributed by atoms with Crippen molar-refractivity contribution in [2.24, 2.45) is 0 Å². The minimum atomic E-state index is -2.89. The van der Waals surface area contributed by atoms with Crippen LogP contribution in [0.3, 0.4) is 0 Å². The SMILES string of the molecule is O=C(COc1ccc(N2CCCC2=O)cc1)NCCc1ccccc1OC(F)F. The standard InChI is InChI=1S/C21H22F2N2O4/c22-21(23)29-18-5-2-1-4-15(18)11-12-24-19(26)14-28-17-9-7-16(8-10-17)25-13-3-6-20(25)27/h1-2,4-5,7-10,21H,3,6,11-14H2,(H,24,26). The zero-order valence-electron chi connectivity index (χ0n) is 15.8. The zero-order valence-corrected chi connectivity index (χ0v) is 15.8. The lowest BCUT2D eigenvalue weighted by molar-refractivity contribution is -0.123. The summed E-state index contributed by atoms with van der Waals surface area (Å²) in [6.07, 6.45) is 1.78. The number of carbonyl (C=O) groups is 2. The van der Waals surface area contributed by atoms with Crippen molar-refractivity contribution < 1.29 is 27.8 Å². The third-order valence-electron chi connectivity index (χ3n) is 4.50. The summed E-state index contributed by atoms with van der Waals surface area (Å²) >= 11 is 0. The molecule has 0 spiro atoms. The van der Waals surface area contributed by atoms with E-state index >= 15 is 0 Å². The molecule has 0 radical (unpaired) electrons. The van der Waals surface area contributed by atoms with Crippen molar-refractivity contribution in [2.45, 2.75) is 25.9 Å². The number of alkyl halides is 2. The van der Waals surface area contributed by atoms with Crippen LogP contribution < -0.4 is 19.7 Å². The second-order valence-electron chi connectivity index (χ2n) is 6.52. The molecule has 2 aromatic carbocycles. The van der Waals surface area contributed by atoms with Gasteiger partial charge < -0.3 is 19.7 Å². The molecule has 1 saturated heterocycles. The number of ether oxygens (including phenoxy) is 2. The summed E-state index contributed by atoms with van der Waals surface area (Å²) in [6.45, 7) is -2.08. The van der Waals surface area contributed by atoms with Crippen molar-refractivity contribution in [3.05, 3.63) is 54.1 Å². The van der Waals surface area contributed by atoms with Crippen LogP contribution in [-0.4, -0.2) is 38.1 Å². The van der Waals surface area contributed by atoms with Gasteiger partial charge in [0, 0.05) is 25.2 Å². The number of hydrogen-bond acceptors (Lipinski definition) is 4. The molecule has 29 heavy (non-hydrogen) atoms. The van der Waals surface area contributed by atoms with Gasteiger partial charge in [-0.2, -0.15) is 8.78 Å². The van der Waals surface area contributed by atoms with Crippen LogP contribution in [0.4, 0.5) is 14.5 Å². The number of rotatable bonds is 9. The number of halogens is 2. The molecule has 0 bridgehead atoms. The maximum Gasteiger partial charge on any atom is 0.387 e. The Labute approximate surface area is 167 Å². The molecule has 2 amide bonds. The van der Waals surface area contributed by atoms with Gasteiger partial charge in [0.15, 0.2) is 6.61 Å². The summed E-state index contributed by atoms with van der Waals surface area (Å²) < 4.78 is 34.8. The number of nitrogens with zero attached hydrogens (tertiary/aromatic N) is 1. The molecule has 1 N–H and O–H groups in total. The van der Waals surface area contributed by atoms with Gasteiger partial charge in [-0.1, -0.05) is 18.2 Å². The molecule has 0 unspecified atom stereocenters. The van der Waals surface area contributed by atoms with Crippen molar-refractivity contribution in [3.63, 3.8) is 0 Å². The third kappa shape index (κ3) is 5.91. The molecule has 8 heteroatoms. The highest BCUT2D eigenvalue weighted by atomic mass is 19.3. The van der Waals surface area contributed by atoms with E-state index < -0.39 is 6.61 Å². The number of nitrogens with one attached hydrogen (secondary N) is 1. The number of hydrogen-bond donors (Lipinski definition) is 1. The molecular formula is C21H22F2N2O4. The van der Waals surface area contributed by atoms with Gasteiger partial charge in [0.05, 0.1) is 0 Å². The minimum absolute atomic E-state index is 0.101. The van der Waals surface area contributed by atoms with Crippen molar-refractivity contribution in [1.29, 1.82) is 0 Å². The van der Waals surface area contributed by atoms with Gasteiger partial charge in [-0.15, -0.1) is 0 Å². The van der Waals surface area contributed by atoms with E-state index in [0.29, 0.717) is 30.7 Å². The predicted octanol–water partition coefficient (Wildman–Crippen LogP) is 3.15. The Morgan fingerprint density at radius 3 is 2.59 bits per heavy atom. The summed E-state index contributed by atoms with van der Waals surface area (Å²) in [6, 6.07) is 13.5. The fourth-order valence-electron chi connectivity index (χ4n) is 3.10. The number of anilines is 1. The fourth-order valence-corrected chi connectivity index (χ4v) is 3.10. The topological polar surface area (TPSA) is 67.9 Å². The van der Waals surface area contributed by atoms with Crippen molar-refractivity contribution in [1.82, 2.24) is 5.32 Å². The Hall–Kier alpha value is -3.16. The maximum absolute atomic E-state index is 12.4. The normalized spacial score (nSPS) is 13.6. The quantitative estimate of drug-likeness (QED) is 0.697. The van der Waals surface area contributed by atoms with Crippen LogP contribution in [0.2, 0.25) is 0 Å². The first-order valence-corrected chi connectivity index (χ1v) is 9.35. The predicted molar refractivity (Wildman–Crippen MR) is 103 cm³/mol. The molecule has 0 aromatic heterocycles. The highest BCUT2D eigenvalue weighted by Crippen LogP contribution is 2.24. The summed E-state index contributed by atoms with van der Waals surface area (Å²) in [5, 5.41) is 2.68. The average Bonchev–Trinajstić information content (AvgIpc) is 3.13. The molecular weight excluding hydrogens is 382 g/mol. The molecule has 2 aromatic rings. The van der Waals surface area contributed by atoms with Crippen molar-refractivity contribution >= 4 is 17.5 Å². The van der Waals surface area contributed by atoms with E-state index in [1.807, 2.05) is 0 Å². The Morgan fingerprint density at radius 2 is 1.90 bits per heavy atom. The Balaban J connectivity index is 1.42. The summed E-state index contributed by atoms with van der Waals surface area (Å²) in [7, 11) is 0. The van der Waals surface area contributed by atoms with Gasteiger partial charge in [-0.3, -0.25) is 9.59 Å². The lowest BCUT2D eigenvalue weighted by Crippen LogP contribution is -2.30. The number of amides is 2. The average molecular weight is 404 g/mol. The molecule has 0 saturated carbocycles. The van der Waals surface area contributed by atoms with Crippen LogP contribution >= 0.6 is 0 Å². The van der Waals surface area contributed by atoms with Crippen LogP contribution in [-0.2, 0) is 16.0 Å². The van der Waals surface area contributed by atoms with Gasteiger partial charge in [0.1, 0.15) is 11.5 Å². The Morgan fingerprint density at radius 1 is 1.14 bits per heavy atom. The van der Waals surface area contributed by atoms with Gasteiger partial charge in [-0.05, 0) is 48.7 Å². The second kappa shape index (κ2) is 9.86. The maximum atomic E-state index is 12.4. The molecule has 1 aliphatic rings. The van der Waals surface area contributed by atoms with Crippen LogP contribution in [0.5, 0.6) is 11.5 Å². The molecule has 6 nitrogen and oxygen atoms in total. The summed E-state index contributed by atoms with van der Waals surface area (Å²) in [5.74, 6) is 0.408. The highest BCUT2D eigenvalue weighted by molar-refractivity contribution is 5.95. The molecule has 1 fully saturated rings. The van der Waals surface area contributed by atoms with Gasteiger partial charge in [-0.25, -0.2) is 0 Å². The Kier molecular flexibility index (Phi) is 6.99. The Bertz CT molecular complexity index is 843. The lowest BCUT2D eigenvalue weighted by Gasteiger charge is -2.16. The molecule has 1 aliphatic heterocycles. The number of carbonyl (C=O) groups excluding carboxylic acids is 2. The minimum Gasteiger partial charge on any atom is -0.484 e. The van der Waals surface area contributed by atoms with Crippen LogP contribution in [0.25, 0.3) is 0 Å². The number of para-hydroxylation sites is 1. The van der Waals surface area contributed by atoms with Crippen molar-refractivity contribution in [2.75, 3.05) is 24.6 Å². The lowest BCUT2D eigenvalue weighted by atomic mass is 10.1. The van der Waals surface area contributed by atoms with E-state index in [2.05, 4.69) is 10.1 Å². The van der Waals surface area contributed by atoms with Gasteiger partial charge >= 0.3 is 6.61 Å². The highest BCUT2D eigenvalue weighted by Gasteiger charge is 2.21. The van der Waals surface area contributed by atoms with Crippen LogP contribution in [0.15, 0.2) is 48.5 Å². The van der Waals surface area contributed by atoms with Crippen LogP contribution in [0.1, 0.15) is 18.4 Å². The fraction of sp³-hybridized carbons (Fsp3) is 0.333. The monoisotopic (exact) mass is 404 g/mol. The number of benzene rings is 2. The van der Waals surface area contributed by atoms with E-state index in [9.17, 15) is 18.4 Å². The smallest absolute Gasteiger partial charge is 0.387 e. The largest absolute Gasteiger partial charge is 0.484 e. The molecule has 0 aliphatic carbocycles. The van der Waals surface area contributed by atoms with Gasteiger partial charge in [0.25, 0.3) is 5.91 Å². The third-order valence-corrected chi connectivity index (χ3v) is 4.50. The summed E-state index contributed by atoms with van der Waals surface area (Å²) in [5.41, 5.74) is 1.40. The van der Waals surface area contributed by atoms with E-state index in [1.54, 1.807) is 47.4 Å². The first-order chi connectivity index (χ1) is 14.0. The summed E-state index contributed by atoms with van der Waals surface area (Å²) in [4.78, 5) is 25.4. The van der Waals surface area contributed by atoms with E-state index in [1.165, 1.54) is 6.07 Å². The first kappa shape index (κ1) is 20.6. The van der Waals surface area contributed by atoms with Crippen molar-refractivity contribution in [3.8, 4) is 11.5 Å². The second-order valence-corrected chi connectivity index (χ2v) is 6.52. The zero-order chi connectivity index (χ0) is 20.6. The first-order valence-electron chi connectivity index (χ1n) is 9.35. The van der Waals surface area contributed by atoms with E-state index in [4.69, 9.17) is 4.74 Å². The molecule has 1 heterocycles.